The Kier molecular flexibility index (Phi) is 4.69. The average Bonchev–Trinajstić information content (AvgIpc) is 2.92. The molecule has 0 saturated heterocycles. The molecular formula is C17H26N2O. The minimum absolute atomic E-state index is 0.136. The smallest absolute Gasteiger partial charge is 0.254 e. The molecule has 3 nitrogen and oxygen atoms in total. The third-order valence-electron chi connectivity index (χ3n) is 4.11. The minimum Gasteiger partial charge on any atom is -0.398 e. The van der Waals surface area contributed by atoms with Crippen LogP contribution in [0.5, 0.6) is 0 Å². The van der Waals surface area contributed by atoms with Gasteiger partial charge in [0.1, 0.15) is 0 Å². The summed E-state index contributed by atoms with van der Waals surface area (Å²) >= 11 is 0. The van der Waals surface area contributed by atoms with Gasteiger partial charge in [-0.05, 0) is 43.4 Å². The normalized spacial score (nSPS) is 15.8. The second-order valence-electron chi connectivity index (χ2n) is 6.36. The lowest BCUT2D eigenvalue weighted by molar-refractivity contribution is 0.0655. The van der Waals surface area contributed by atoms with Crippen LogP contribution in [0, 0.1) is 12.8 Å². The lowest BCUT2D eigenvalue weighted by Crippen LogP contribution is -2.41. The number of nitrogen functional groups attached to an aromatic ring is 1. The highest BCUT2D eigenvalue weighted by Crippen LogP contribution is 2.26. The Morgan fingerprint density at radius 2 is 2.00 bits per heavy atom. The second kappa shape index (κ2) is 6.29. The van der Waals surface area contributed by atoms with E-state index >= 15 is 0 Å². The van der Waals surface area contributed by atoms with Crippen molar-refractivity contribution in [3.63, 3.8) is 0 Å². The van der Waals surface area contributed by atoms with E-state index in [1.54, 1.807) is 0 Å². The van der Waals surface area contributed by atoms with Gasteiger partial charge in [-0.25, -0.2) is 0 Å². The van der Waals surface area contributed by atoms with E-state index < -0.39 is 0 Å². The highest BCUT2D eigenvalue weighted by Gasteiger charge is 2.27. The lowest BCUT2D eigenvalue weighted by atomic mass is 10.1. The first-order chi connectivity index (χ1) is 9.49. The van der Waals surface area contributed by atoms with Crippen LogP contribution in [0.4, 0.5) is 5.69 Å². The first-order valence-electron chi connectivity index (χ1n) is 7.66. The molecule has 0 unspecified atom stereocenters. The van der Waals surface area contributed by atoms with Crippen molar-refractivity contribution < 1.29 is 4.79 Å². The standard InChI is InChI=1S/C17H26N2O/c1-12(2)11-19(15-6-4-5-7-15)17(20)14-9-8-13(3)16(18)10-14/h8-10,12,15H,4-7,11,18H2,1-3H3. The van der Waals surface area contributed by atoms with Gasteiger partial charge in [0.2, 0.25) is 0 Å². The van der Waals surface area contributed by atoms with E-state index in [1.165, 1.54) is 12.8 Å². The third-order valence-corrected chi connectivity index (χ3v) is 4.11. The summed E-state index contributed by atoms with van der Waals surface area (Å²) < 4.78 is 0. The number of aryl methyl sites for hydroxylation is 1. The molecule has 1 saturated carbocycles. The van der Waals surface area contributed by atoms with Crippen LogP contribution < -0.4 is 5.73 Å². The molecule has 1 aromatic rings. The van der Waals surface area contributed by atoms with Crippen molar-refractivity contribution in [2.45, 2.75) is 52.5 Å². The summed E-state index contributed by atoms with van der Waals surface area (Å²) in [5.74, 6) is 0.625. The monoisotopic (exact) mass is 274 g/mol. The zero-order valence-electron chi connectivity index (χ0n) is 12.9. The Hall–Kier alpha value is -1.51. The van der Waals surface area contributed by atoms with Gasteiger partial charge in [-0.15, -0.1) is 0 Å². The van der Waals surface area contributed by atoms with Crippen LogP contribution in [-0.2, 0) is 0 Å². The first kappa shape index (κ1) is 14.9. The first-order valence-corrected chi connectivity index (χ1v) is 7.66. The molecule has 0 bridgehead atoms. The zero-order valence-corrected chi connectivity index (χ0v) is 12.9. The quantitative estimate of drug-likeness (QED) is 0.852. The van der Waals surface area contributed by atoms with E-state index in [1.807, 2.05) is 25.1 Å². The molecule has 110 valence electrons. The highest BCUT2D eigenvalue weighted by molar-refractivity contribution is 5.95. The van der Waals surface area contributed by atoms with Crippen LogP contribution in [0.15, 0.2) is 18.2 Å². The van der Waals surface area contributed by atoms with Gasteiger partial charge in [0.25, 0.3) is 5.91 Å². The topological polar surface area (TPSA) is 46.3 Å². The molecule has 1 fully saturated rings. The van der Waals surface area contributed by atoms with Crippen molar-refractivity contribution >= 4 is 11.6 Å². The molecule has 0 atom stereocenters. The number of nitrogens with two attached hydrogens (primary N) is 1. The number of nitrogens with zero attached hydrogens (tertiary/aromatic N) is 1. The Labute approximate surface area is 122 Å². The van der Waals surface area contributed by atoms with Crippen LogP contribution in [0.3, 0.4) is 0 Å². The maximum Gasteiger partial charge on any atom is 0.254 e. The Balaban J connectivity index is 2.22. The number of hydrogen-bond donors (Lipinski definition) is 1. The number of rotatable bonds is 4. The van der Waals surface area contributed by atoms with E-state index in [2.05, 4.69) is 18.7 Å². The largest absolute Gasteiger partial charge is 0.398 e. The minimum atomic E-state index is 0.136. The van der Waals surface area contributed by atoms with Gasteiger partial charge in [0, 0.05) is 23.8 Å². The molecule has 0 radical (unpaired) electrons. The van der Waals surface area contributed by atoms with Crippen LogP contribution in [-0.4, -0.2) is 23.4 Å². The van der Waals surface area contributed by atoms with Gasteiger partial charge in [-0.2, -0.15) is 0 Å². The fraction of sp³-hybridized carbons (Fsp3) is 0.588. The van der Waals surface area contributed by atoms with Crippen LogP contribution >= 0.6 is 0 Å². The number of carbonyl (C=O) groups excluding carboxylic acids is 1. The summed E-state index contributed by atoms with van der Waals surface area (Å²) in [6.07, 6.45) is 4.75. The summed E-state index contributed by atoms with van der Waals surface area (Å²) in [5.41, 5.74) is 8.39. The molecule has 0 heterocycles. The summed E-state index contributed by atoms with van der Waals surface area (Å²) in [7, 11) is 0. The molecular weight excluding hydrogens is 248 g/mol. The van der Waals surface area contributed by atoms with Crippen LogP contribution in [0.2, 0.25) is 0 Å². The van der Waals surface area contributed by atoms with Gasteiger partial charge >= 0.3 is 0 Å². The molecule has 1 aliphatic carbocycles. The molecule has 1 aliphatic rings. The summed E-state index contributed by atoms with van der Waals surface area (Å²) in [6.45, 7) is 7.13. The van der Waals surface area contributed by atoms with Gasteiger partial charge in [-0.3, -0.25) is 4.79 Å². The molecule has 2 N–H and O–H groups in total. The summed E-state index contributed by atoms with van der Waals surface area (Å²) in [6, 6.07) is 6.06. The maximum atomic E-state index is 12.8. The number of hydrogen-bond acceptors (Lipinski definition) is 2. The SMILES string of the molecule is Cc1ccc(C(=O)N(CC(C)C)C2CCCC2)cc1N. The van der Waals surface area contributed by atoms with Gasteiger partial charge in [0.15, 0.2) is 0 Å². The lowest BCUT2D eigenvalue weighted by Gasteiger charge is -2.31. The van der Waals surface area contributed by atoms with Crippen molar-refractivity contribution in [3.05, 3.63) is 29.3 Å². The fourth-order valence-electron chi connectivity index (χ4n) is 2.95. The Morgan fingerprint density at radius 1 is 1.35 bits per heavy atom. The van der Waals surface area contributed by atoms with Crippen molar-refractivity contribution in [2.24, 2.45) is 5.92 Å². The molecule has 0 aromatic heterocycles. The summed E-state index contributed by atoms with van der Waals surface area (Å²) in [5, 5.41) is 0. The number of amides is 1. The molecule has 1 aromatic carbocycles. The Bertz CT molecular complexity index is 476. The van der Waals surface area contributed by atoms with Gasteiger partial charge in [0.05, 0.1) is 0 Å². The van der Waals surface area contributed by atoms with E-state index in [0.29, 0.717) is 17.6 Å². The predicted molar refractivity (Wildman–Crippen MR) is 83.7 cm³/mol. The zero-order chi connectivity index (χ0) is 14.7. The molecule has 20 heavy (non-hydrogen) atoms. The third kappa shape index (κ3) is 3.33. The maximum absolute atomic E-state index is 12.8. The number of anilines is 1. The van der Waals surface area contributed by atoms with Crippen molar-refractivity contribution in [2.75, 3.05) is 12.3 Å². The predicted octanol–water partition coefficient (Wildman–Crippen LogP) is 3.62. The summed E-state index contributed by atoms with van der Waals surface area (Å²) in [4.78, 5) is 14.9. The van der Waals surface area contributed by atoms with E-state index in [9.17, 15) is 4.79 Å². The fourth-order valence-corrected chi connectivity index (χ4v) is 2.95. The second-order valence-corrected chi connectivity index (χ2v) is 6.36. The van der Waals surface area contributed by atoms with Gasteiger partial charge < -0.3 is 10.6 Å². The molecule has 0 aliphatic heterocycles. The van der Waals surface area contributed by atoms with E-state index in [-0.39, 0.29) is 5.91 Å². The Morgan fingerprint density at radius 3 is 2.55 bits per heavy atom. The van der Waals surface area contributed by atoms with E-state index in [4.69, 9.17) is 5.73 Å². The van der Waals surface area contributed by atoms with Gasteiger partial charge in [-0.1, -0.05) is 32.8 Å². The van der Waals surface area contributed by atoms with Crippen molar-refractivity contribution in [1.82, 2.24) is 4.90 Å². The number of carbonyl (C=O) groups is 1. The average molecular weight is 274 g/mol. The molecule has 2 rings (SSSR count). The van der Waals surface area contributed by atoms with Crippen molar-refractivity contribution in [1.29, 1.82) is 0 Å². The molecule has 3 heteroatoms. The molecule has 1 amide bonds. The number of benzene rings is 1. The van der Waals surface area contributed by atoms with Crippen LogP contribution in [0.1, 0.15) is 55.5 Å². The molecule has 0 spiro atoms. The van der Waals surface area contributed by atoms with Crippen molar-refractivity contribution in [3.8, 4) is 0 Å². The highest BCUT2D eigenvalue weighted by atomic mass is 16.2. The van der Waals surface area contributed by atoms with Crippen LogP contribution in [0.25, 0.3) is 0 Å². The van der Waals surface area contributed by atoms with E-state index in [0.717, 1.165) is 30.5 Å².